The summed E-state index contributed by atoms with van der Waals surface area (Å²) in [4.78, 5) is 49.3. The van der Waals surface area contributed by atoms with Gasteiger partial charge in [0.25, 0.3) is 0 Å². The highest BCUT2D eigenvalue weighted by Crippen LogP contribution is 2.58. The van der Waals surface area contributed by atoms with Gasteiger partial charge in [-0.25, -0.2) is 17.8 Å². The van der Waals surface area contributed by atoms with E-state index in [-0.39, 0.29) is 68.3 Å². The molecule has 4 aliphatic rings. The van der Waals surface area contributed by atoms with Crippen molar-refractivity contribution in [2.75, 3.05) is 20.3 Å². The highest BCUT2D eigenvalue weighted by atomic mass is 32.2. The van der Waals surface area contributed by atoms with E-state index in [1.807, 2.05) is 81.5 Å². The van der Waals surface area contributed by atoms with Crippen LogP contribution in [0.5, 0.6) is 17.2 Å². The van der Waals surface area contributed by atoms with Crippen molar-refractivity contribution in [3.63, 3.8) is 0 Å². The number of aromatic nitrogens is 1. The van der Waals surface area contributed by atoms with E-state index in [1.165, 1.54) is 4.90 Å². The molecule has 1 saturated heterocycles. The summed E-state index contributed by atoms with van der Waals surface area (Å²) in [7, 11) is -2.74. The number of pyridine rings is 1. The van der Waals surface area contributed by atoms with Crippen LogP contribution in [-0.4, -0.2) is 85.3 Å². The van der Waals surface area contributed by atoms with Crippen LogP contribution in [-0.2, 0) is 24.4 Å². The molecule has 2 aromatic carbocycles. The predicted molar refractivity (Wildman–Crippen MR) is 218 cm³/mol. The van der Waals surface area contributed by atoms with Crippen LogP contribution in [0.1, 0.15) is 79.1 Å². The molecule has 0 bridgehead atoms. The number of methoxy groups -OCH3 is 1. The number of hydrogen-bond donors (Lipinski definition) is 2. The van der Waals surface area contributed by atoms with Gasteiger partial charge in [-0.1, -0.05) is 26.0 Å². The van der Waals surface area contributed by atoms with Crippen molar-refractivity contribution >= 4 is 38.5 Å². The number of halogens is 1. The van der Waals surface area contributed by atoms with Crippen LogP contribution in [0.3, 0.4) is 0 Å². The second-order valence-corrected chi connectivity index (χ2v) is 19.3. The van der Waals surface area contributed by atoms with Gasteiger partial charge in [-0.15, -0.1) is 0 Å². The van der Waals surface area contributed by atoms with E-state index >= 15 is 0 Å². The van der Waals surface area contributed by atoms with Crippen molar-refractivity contribution in [1.82, 2.24) is 14.6 Å². The molecule has 2 aliphatic heterocycles. The lowest BCUT2D eigenvalue weighted by molar-refractivity contribution is -0.140. The molecule has 312 valence electrons. The lowest BCUT2D eigenvalue weighted by Gasteiger charge is -2.30. The normalized spacial score (nSPS) is 29.1. The van der Waals surface area contributed by atoms with Gasteiger partial charge < -0.3 is 24.8 Å². The molecule has 1 aromatic heterocycles. The third-order valence-electron chi connectivity index (χ3n) is 12.5. The molecule has 0 radical (unpaired) electrons. The van der Waals surface area contributed by atoms with E-state index in [9.17, 15) is 27.2 Å². The summed E-state index contributed by atoms with van der Waals surface area (Å²) in [5.74, 6) is -0.0521. The summed E-state index contributed by atoms with van der Waals surface area (Å²) < 4.78 is 58.9. The molecule has 3 fully saturated rings. The fourth-order valence-corrected chi connectivity index (χ4v) is 10.1. The Kier molecular flexibility index (Phi) is 11.6. The van der Waals surface area contributed by atoms with Gasteiger partial charge >= 0.3 is 0 Å². The van der Waals surface area contributed by atoms with Crippen molar-refractivity contribution < 1.29 is 41.4 Å². The number of rotatable bonds is 10. The zero-order valence-electron chi connectivity index (χ0n) is 33.9. The first-order valence-electron chi connectivity index (χ1n) is 20.4. The summed E-state index contributed by atoms with van der Waals surface area (Å²) in [6, 6.07) is 13.1. The topological polar surface area (TPSA) is 167 Å². The van der Waals surface area contributed by atoms with Crippen molar-refractivity contribution in [2.45, 2.75) is 108 Å². The summed E-state index contributed by atoms with van der Waals surface area (Å²) in [5.41, 5.74) is 7.40. The van der Waals surface area contributed by atoms with Crippen LogP contribution in [0, 0.1) is 23.2 Å². The maximum Gasteiger partial charge on any atom is 0.243 e. The van der Waals surface area contributed by atoms with Gasteiger partial charge in [-0.3, -0.25) is 19.1 Å². The number of alkyl halides is 1. The van der Waals surface area contributed by atoms with E-state index in [2.05, 4.69) is 11.6 Å². The Bertz CT molecular complexity index is 2190. The molecule has 2 amide bonds. The fraction of sp³-hybridized carbons (Fsp3) is 0.545. The number of ether oxygens (including phenoxy) is 3. The number of sulfonamides is 1. The third-order valence-corrected chi connectivity index (χ3v) is 14.6. The number of hydrogen-bond acceptors (Lipinski definition) is 10. The Hall–Kier alpha value is -4.56. The molecule has 0 spiro atoms. The van der Waals surface area contributed by atoms with Gasteiger partial charge in [0, 0.05) is 35.9 Å². The van der Waals surface area contributed by atoms with Crippen molar-refractivity contribution in [3.8, 4) is 28.5 Å². The minimum atomic E-state index is -4.32. The predicted octanol–water partition coefficient (Wildman–Crippen LogP) is 6.30. The molecule has 12 nitrogen and oxygen atoms in total. The van der Waals surface area contributed by atoms with E-state index in [1.54, 1.807) is 7.11 Å². The second kappa shape index (κ2) is 16.2. The molecule has 3 N–H and O–H groups in total. The SMILES string of the molecule is COc1ccc2c(O[C@@H]3C[C@H]4C(=O)C[C@]5(C(=O)NS(=O)(=O)C6(CF)CC6)C[C@H]5/C=C\CCC(C)C[C@@H](C)[C@H](N)C(=O)N4C3)cc(-c3ccc(OC(C)C)cc3)nc2c1. The number of Topliss-reactive ketones (excluding diaryl/α,β-unsaturated/α-hetero) is 1. The van der Waals surface area contributed by atoms with E-state index in [0.29, 0.717) is 40.9 Å². The summed E-state index contributed by atoms with van der Waals surface area (Å²) in [6.45, 7) is 6.96. The minimum absolute atomic E-state index is 0.0153. The van der Waals surface area contributed by atoms with E-state index < -0.39 is 56.9 Å². The van der Waals surface area contributed by atoms with Gasteiger partial charge in [-0.2, -0.15) is 0 Å². The smallest absolute Gasteiger partial charge is 0.243 e. The zero-order chi connectivity index (χ0) is 41.6. The number of allylic oxidation sites excluding steroid dienone is 2. The molecular weight excluding hydrogens is 764 g/mol. The Balaban J connectivity index is 1.21. The number of amides is 2. The fourth-order valence-electron chi connectivity index (χ4n) is 8.62. The Morgan fingerprint density at radius 2 is 1.79 bits per heavy atom. The van der Waals surface area contributed by atoms with Crippen LogP contribution in [0.15, 0.2) is 60.7 Å². The number of carbonyl (C=O) groups excluding carboxylic acids is 3. The van der Waals surface area contributed by atoms with Gasteiger partial charge in [-0.05, 0) is 107 Å². The Labute approximate surface area is 340 Å². The average molecular weight is 819 g/mol. The maximum atomic E-state index is 14.6. The Morgan fingerprint density at radius 1 is 1.07 bits per heavy atom. The first kappa shape index (κ1) is 41.6. The molecule has 2 aliphatic carbocycles. The van der Waals surface area contributed by atoms with Crippen LogP contribution >= 0.6 is 0 Å². The van der Waals surface area contributed by atoms with Crippen LogP contribution in [0.4, 0.5) is 4.39 Å². The van der Waals surface area contributed by atoms with Gasteiger partial charge in [0.15, 0.2) is 5.78 Å². The summed E-state index contributed by atoms with van der Waals surface area (Å²) >= 11 is 0. The summed E-state index contributed by atoms with van der Waals surface area (Å²) in [6.07, 6.45) is 5.84. The highest BCUT2D eigenvalue weighted by molar-refractivity contribution is 7.91. The first-order valence-corrected chi connectivity index (χ1v) is 21.9. The number of ketones is 1. The molecule has 58 heavy (non-hydrogen) atoms. The third kappa shape index (κ3) is 8.32. The number of nitrogens with two attached hydrogens (primary N) is 1. The second-order valence-electron chi connectivity index (χ2n) is 17.3. The molecule has 7 rings (SSSR count). The number of benzene rings is 2. The lowest BCUT2D eigenvalue weighted by atomic mass is 9.88. The zero-order valence-corrected chi connectivity index (χ0v) is 34.7. The quantitative estimate of drug-likeness (QED) is 0.222. The first-order chi connectivity index (χ1) is 27.6. The Morgan fingerprint density at radius 3 is 2.47 bits per heavy atom. The van der Waals surface area contributed by atoms with Crippen molar-refractivity contribution in [1.29, 1.82) is 0 Å². The number of nitrogens with zero attached hydrogens (tertiary/aromatic N) is 2. The van der Waals surface area contributed by atoms with E-state index in [4.69, 9.17) is 24.9 Å². The summed E-state index contributed by atoms with van der Waals surface area (Å²) in [5, 5.41) is 0.705. The molecule has 1 unspecified atom stereocenters. The van der Waals surface area contributed by atoms with Crippen molar-refractivity contribution in [2.24, 2.45) is 28.9 Å². The van der Waals surface area contributed by atoms with Crippen LogP contribution in [0.2, 0.25) is 0 Å². The molecule has 3 heterocycles. The van der Waals surface area contributed by atoms with Gasteiger partial charge in [0.05, 0.1) is 48.5 Å². The highest BCUT2D eigenvalue weighted by Gasteiger charge is 2.63. The van der Waals surface area contributed by atoms with Crippen LogP contribution < -0.4 is 24.7 Å². The lowest BCUT2D eigenvalue weighted by Crippen LogP contribution is -2.52. The number of nitrogens with one attached hydrogen (secondary N) is 1. The molecule has 14 heteroatoms. The van der Waals surface area contributed by atoms with Gasteiger partial charge in [0.1, 0.15) is 34.8 Å². The molecule has 7 atom stereocenters. The van der Waals surface area contributed by atoms with Crippen molar-refractivity contribution in [3.05, 3.63) is 60.7 Å². The van der Waals surface area contributed by atoms with E-state index in [0.717, 1.165) is 17.7 Å². The van der Waals surface area contributed by atoms with Gasteiger partial charge in [0.2, 0.25) is 21.8 Å². The molecule has 3 aromatic rings. The maximum absolute atomic E-state index is 14.6. The molecule has 2 saturated carbocycles. The minimum Gasteiger partial charge on any atom is -0.497 e. The average Bonchev–Trinajstić information content (AvgIpc) is 4.10. The van der Waals surface area contributed by atoms with Crippen LogP contribution in [0.25, 0.3) is 22.2 Å². The largest absolute Gasteiger partial charge is 0.497 e. The monoisotopic (exact) mass is 818 g/mol. The standard InChI is InChI=1S/C44H55FN4O8S/c1-26(2)56-31-12-10-29(11-13-31)35-21-39(34-15-14-32(55-5)19-36(34)47-35)57-33-20-37-38(50)23-44(42(52)48-58(53,54)43(25-45)16-17-43)22-30(44)9-7-6-8-27(3)18-28(4)40(46)41(51)49(37)24-33/h7,9-15,19,21,26-28,30,33,37,40H,6,8,16-18,20,22-25,46H2,1-5H3,(H,48,52)/b9-7-/t27?,28-,30-,33-,37+,40+,44-/m1/s1. The number of carbonyl (C=O) groups is 3. The number of fused-ring (bicyclic) bond motifs is 3. The molecular formula is C44H55FN4O8S.